The molecule has 1 aliphatic rings. The van der Waals surface area contributed by atoms with Crippen molar-refractivity contribution in [3.63, 3.8) is 0 Å². The maximum atomic E-state index is 14.4. The Kier molecular flexibility index (Phi) is 3.88. The SMILES string of the molecule is CNC(=O)[C@](N)(C(=O)[C@]1(F)CCNC1)C(C)C. The molecule has 0 aromatic carbocycles. The number of hydrogen-bond donors (Lipinski definition) is 3. The molecule has 1 aliphatic heterocycles. The summed E-state index contributed by atoms with van der Waals surface area (Å²) in [7, 11) is 1.39. The van der Waals surface area contributed by atoms with Crippen LogP contribution < -0.4 is 16.4 Å². The number of ketones is 1. The molecule has 17 heavy (non-hydrogen) atoms. The molecule has 5 nitrogen and oxygen atoms in total. The van der Waals surface area contributed by atoms with Crippen LogP contribution >= 0.6 is 0 Å². The van der Waals surface area contributed by atoms with E-state index in [1.165, 1.54) is 7.05 Å². The lowest BCUT2D eigenvalue weighted by Crippen LogP contribution is -2.67. The number of amides is 1. The summed E-state index contributed by atoms with van der Waals surface area (Å²) in [6.07, 6.45) is 0.0640. The highest BCUT2D eigenvalue weighted by molar-refractivity contribution is 6.14. The molecule has 1 saturated heterocycles. The standard InChI is InChI=1S/C11H20FN3O2/c1-7(2)11(13,9(17)14-3)8(16)10(12)4-5-15-6-10/h7,15H,4-6,13H2,1-3H3,(H,14,17)/t10-,11+/m0/s1. The number of carbonyl (C=O) groups is 2. The van der Waals surface area contributed by atoms with Gasteiger partial charge in [-0.05, 0) is 12.5 Å². The van der Waals surface area contributed by atoms with Gasteiger partial charge in [-0.2, -0.15) is 0 Å². The van der Waals surface area contributed by atoms with Crippen LogP contribution in [0.1, 0.15) is 20.3 Å². The normalized spacial score (nSPS) is 27.9. The number of alkyl halides is 1. The smallest absolute Gasteiger partial charge is 0.247 e. The number of Topliss-reactive ketones (excluding diaryl/α,β-unsaturated/α-hetero) is 1. The van der Waals surface area contributed by atoms with E-state index in [1.807, 2.05) is 0 Å². The van der Waals surface area contributed by atoms with Crippen LogP contribution in [0.2, 0.25) is 0 Å². The molecular formula is C11H20FN3O2. The minimum Gasteiger partial charge on any atom is -0.357 e. The second kappa shape index (κ2) is 4.70. The van der Waals surface area contributed by atoms with E-state index in [4.69, 9.17) is 5.73 Å². The fourth-order valence-electron chi connectivity index (χ4n) is 2.06. The fourth-order valence-corrected chi connectivity index (χ4v) is 2.06. The van der Waals surface area contributed by atoms with Crippen molar-refractivity contribution in [2.75, 3.05) is 20.1 Å². The van der Waals surface area contributed by atoms with E-state index in [0.29, 0.717) is 6.54 Å². The van der Waals surface area contributed by atoms with Gasteiger partial charge in [-0.1, -0.05) is 13.8 Å². The summed E-state index contributed by atoms with van der Waals surface area (Å²) in [6.45, 7) is 3.62. The summed E-state index contributed by atoms with van der Waals surface area (Å²) >= 11 is 0. The van der Waals surface area contributed by atoms with Gasteiger partial charge in [0, 0.05) is 20.0 Å². The van der Waals surface area contributed by atoms with Crippen molar-refractivity contribution in [3.8, 4) is 0 Å². The molecule has 4 N–H and O–H groups in total. The molecule has 0 bridgehead atoms. The van der Waals surface area contributed by atoms with Crippen molar-refractivity contribution in [2.24, 2.45) is 11.7 Å². The zero-order valence-corrected chi connectivity index (χ0v) is 10.5. The van der Waals surface area contributed by atoms with E-state index in [9.17, 15) is 14.0 Å². The van der Waals surface area contributed by atoms with Gasteiger partial charge in [0.2, 0.25) is 11.7 Å². The maximum absolute atomic E-state index is 14.4. The topological polar surface area (TPSA) is 84.2 Å². The third-order valence-corrected chi connectivity index (χ3v) is 3.40. The number of likely N-dealkylation sites (N-methyl/N-ethyl adjacent to an activating group) is 1. The van der Waals surface area contributed by atoms with Crippen LogP contribution in [0, 0.1) is 5.92 Å². The van der Waals surface area contributed by atoms with Crippen molar-refractivity contribution in [1.82, 2.24) is 10.6 Å². The Balaban J connectivity index is 3.07. The number of rotatable bonds is 4. The number of carbonyl (C=O) groups excluding carboxylic acids is 2. The van der Waals surface area contributed by atoms with Crippen LogP contribution in [0.3, 0.4) is 0 Å². The average molecular weight is 245 g/mol. The predicted octanol–water partition coefficient (Wildman–Crippen LogP) is -0.643. The summed E-state index contributed by atoms with van der Waals surface area (Å²) in [5, 5.41) is 5.12. The van der Waals surface area contributed by atoms with E-state index in [0.717, 1.165) is 0 Å². The number of halogens is 1. The zero-order valence-electron chi connectivity index (χ0n) is 10.5. The number of nitrogens with one attached hydrogen (secondary N) is 2. The van der Waals surface area contributed by atoms with Gasteiger partial charge in [-0.15, -0.1) is 0 Å². The predicted molar refractivity (Wildman–Crippen MR) is 62.2 cm³/mol. The molecule has 98 valence electrons. The average Bonchev–Trinajstić information content (AvgIpc) is 2.73. The molecule has 0 radical (unpaired) electrons. The minimum atomic E-state index is -2.04. The molecule has 0 unspecified atom stereocenters. The third-order valence-electron chi connectivity index (χ3n) is 3.40. The minimum absolute atomic E-state index is 0.0640. The van der Waals surface area contributed by atoms with E-state index in [-0.39, 0.29) is 13.0 Å². The summed E-state index contributed by atoms with van der Waals surface area (Å²) < 4.78 is 14.4. The Hall–Kier alpha value is -1.01. The van der Waals surface area contributed by atoms with Gasteiger partial charge in [-0.3, -0.25) is 9.59 Å². The molecule has 2 atom stereocenters. The van der Waals surface area contributed by atoms with Crippen LogP contribution in [0.5, 0.6) is 0 Å². The van der Waals surface area contributed by atoms with E-state index in [2.05, 4.69) is 10.6 Å². The Bertz CT molecular complexity index is 327. The Morgan fingerprint density at radius 1 is 1.53 bits per heavy atom. The van der Waals surface area contributed by atoms with E-state index < -0.39 is 28.8 Å². The second-order valence-corrected chi connectivity index (χ2v) is 4.82. The highest BCUT2D eigenvalue weighted by Crippen LogP contribution is 2.29. The first-order chi connectivity index (χ1) is 7.79. The molecule has 1 heterocycles. The van der Waals surface area contributed by atoms with Gasteiger partial charge >= 0.3 is 0 Å². The zero-order chi connectivity index (χ0) is 13.3. The van der Waals surface area contributed by atoms with Gasteiger partial charge in [0.15, 0.2) is 11.2 Å². The molecule has 0 spiro atoms. The molecule has 1 fully saturated rings. The maximum Gasteiger partial charge on any atom is 0.247 e. The second-order valence-electron chi connectivity index (χ2n) is 4.82. The van der Waals surface area contributed by atoms with Crippen LogP contribution in [-0.4, -0.2) is 43.0 Å². The van der Waals surface area contributed by atoms with Crippen LogP contribution in [0.4, 0.5) is 4.39 Å². The number of nitrogens with two attached hydrogens (primary N) is 1. The first-order valence-corrected chi connectivity index (χ1v) is 5.74. The molecule has 0 saturated carbocycles. The summed E-state index contributed by atoms with van der Waals surface area (Å²) in [4.78, 5) is 24.0. The molecule has 0 aliphatic carbocycles. The molecule has 0 aromatic heterocycles. The van der Waals surface area contributed by atoms with Crippen molar-refractivity contribution < 1.29 is 14.0 Å². The quantitative estimate of drug-likeness (QED) is 0.575. The summed E-state index contributed by atoms with van der Waals surface area (Å²) in [5.74, 6) is -1.94. The Labute approximate surface area is 100 Å². The summed E-state index contributed by atoms with van der Waals surface area (Å²) in [5.41, 5.74) is 2.03. The fraction of sp³-hybridized carbons (Fsp3) is 0.818. The summed E-state index contributed by atoms with van der Waals surface area (Å²) in [6, 6.07) is 0. The van der Waals surface area contributed by atoms with Crippen LogP contribution in [-0.2, 0) is 9.59 Å². The first kappa shape index (κ1) is 14.1. The highest BCUT2D eigenvalue weighted by Gasteiger charge is 2.55. The third kappa shape index (κ3) is 2.19. The molecular weight excluding hydrogens is 225 g/mol. The molecule has 1 amide bonds. The van der Waals surface area contributed by atoms with Crippen molar-refractivity contribution in [3.05, 3.63) is 0 Å². The number of hydrogen-bond acceptors (Lipinski definition) is 4. The molecule has 0 aromatic rings. The lowest BCUT2D eigenvalue weighted by molar-refractivity contribution is -0.144. The van der Waals surface area contributed by atoms with Gasteiger partial charge in [-0.25, -0.2) is 4.39 Å². The highest BCUT2D eigenvalue weighted by atomic mass is 19.1. The van der Waals surface area contributed by atoms with Crippen molar-refractivity contribution >= 4 is 11.7 Å². The lowest BCUT2D eigenvalue weighted by atomic mass is 9.76. The van der Waals surface area contributed by atoms with Crippen molar-refractivity contribution in [1.29, 1.82) is 0 Å². The molecule has 6 heteroatoms. The van der Waals surface area contributed by atoms with Crippen LogP contribution in [0.15, 0.2) is 0 Å². The van der Waals surface area contributed by atoms with Crippen LogP contribution in [0.25, 0.3) is 0 Å². The van der Waals surface area contributed by atoms with Gasteiger partial charge in [0.05, 0.1) is 0 Å². The molecule has 1 rings (SSSR count). The largest absolute Gasteiger partial charge is 0.357 e. The Morgan fingerprint density at radius 2 is 2.12 bits per heavy atom. The van der Waals surface area contributed by atoms with Gasteiger partial charge in [0.1, 0.15) is 0 Å². The van der Waals surface area contributed by atoms with E-state index in [1.54, 1.807) is 13.8 Å². The first-order valence-electron chi connectivity index (χ1n) is 5.74. The monoisotopic (exact) mass is 245 g/mol. The van der Waals surface area contributed by atoms with Gasteiger partial charge in [0.25, 0.3) is 0 Å². The van der Waals surface area contributed by atoms with Gasteiger partial charge < -0.3 is 16.4 Å². The van der Waals surface area contributed by atoms with Crippen molar-refractivity contribution in [2.45, 2.75) is 31.5 Å². The Morgan fingerprint density at radius 3 is 2.47 bits per heavy atom. The lowest BCUT2D eigenvalue weighted by Gasteiger charge is -2.34. The van der Waals surface area contributed by atoms with E-state index >= 15 is 0 Å².